The molecule has 2 nitrogen and oxygen atoms in total. The number of halogens is 1. The lowest BCUT2D eigenvalue weighted by Crippen LogP contribution is -2.38. The molecule has 0 aromatic heterocycles. The third-order valence-corrected chi connectivity index (χ3v) is 4.50. The zero-order chi connectivity index (χ0) is 11.1. The number of hydrogen-bond acceptors (Lipinski definition) is 2. The van der Waals surface area contributed by atoms with Crippen molar-refractivity contribution < 1.29 is 9.47 Å². The van der Waals surface area contributed by atoms with E-state index in [0.29, 0.717) is 6.61 Å². The molecule has 0 saturated heterocycles. The van der Waals surface area contributed by atoms with Crippen molar-refractivity contribution in [1.29, 1.82) is 0 Å². The lowest BCUT2D eigenvalue weighted by molar-refractivity contribution is -0.0998. The Morgan fingerprint density at radius 1 is 1.20 bits per heavy atom. The molecule has 3 heteroatoms. The van der Waals surface area contributed by atoms with Gasteiger partial charge in [-0.2, -0.15) is 0 Å². The van der Waals surface area contributed by atoms with Crippen LogP contribution in [0.2, 0.25) is 0 Å². The van der Waals surface area contributed by atoms with Gasteiger partial charge < -0.3 is 9.47 Å². The Hall–Kier alpha value is 0.650. The summed E-state index contributed by atoms with van der Waals surface area (Å²) in [5.74, 6) is 0. The van der Waals surface area contributed by atoms with Gasteiger partial charge in [0.15, 0.2) is 0 Å². The average Bonchev–Trinajstić information content (AvgIpc) is 2.44. The summed E-state index contributed by atoms with van der Waals surface area (Å²) in [6.45, 7) is 2.82. The van der Waals surface area contributed by atoms with E-state index in [4.69, 9.17) is 9.47 Å². The van der Waals surface area contributed by atoms with Gasteiger partial charge in [-0.25, -0.2) is 0 Å². The predicted octanol–water partition coefficient (Wildman–Crippen LogP) is 3.57. The molecule has 1 rings (SSSR count). The van der Waals surface area contributed by atoms with Crippen LogP contribution in [-0.4, -0.2) is 29.8 Å². The predicted molar refractivity (Wildman–Crippen MR) is 71.7 cm³/mol. The second-order valence-corrected chi connectivity index (χ2v) is 5.38. The highest BCUT2D eigenvalue weighted by atomic mass is 127. The second-order valence-electron chi connectivity index (χ2n) is 4.61. The monoisotopic (exact) mass is 326 g/mol. The molecule has 1 aliphatic carbocycles. The van der Waals surface area contributed by atoms with E-state index in [2.05, 4.69) is 29.5 Å². The highest BCUT2D eigenvalue weighted by Crippen LogP contribution is 2.33. The van der Waals surface area contributed by atoms with Crippen molar-refractivity contribution in [2.45, 2.75) is 57.2 Å². The maximum Gasteiger partial charge on any atom is 0.0788 e. The summed E-state index contributed by atoms with van der Waals surface area (Å²) in [6.07, 6.45) is 8.07. The van der Waals surface area contributed by atoms with Gasteiger partial charge >= 0.3 is 0 Å². The van der Waals surface area contributed by atoms with Gasteiger partial charge in [0.25, 0.3) is 0 Å². The molecule has 0 aliphatic heterocycles. The molecule has 0 aromatic rings. The van der Waals surface area contributed by atoms with Crippen LogP contribution in [-0.2, 0) is 9.47 Å². The van der Waals surface area contributed by atoms with Crippen LogP contribution in [0, 0.1) is 0 Å². The van der Waals surface area contributed by atoms with Crippen molar-refractivity contribution in [2.24, 2.45) is 0 Å². The van der Waals surface area contributed by atoms with Gasteiger partial charge in [-0.05, 0) is 19.8 Å². The Morgan fingerprint density at radius 2 is 1.80 bits per heavy atom. The van der Waals surface area contributed by atoms with Gasteiger partial charge in [0.05, 0.1) is 18.3 Å². The van der Waals surface area contributed by atoms with Crippen LogP contribution in [0.1, 0.15) is 45.4 Å². The zero-order valence-electron chi connectivity index (χ0n) is 9.93. The topological polar surface area (TPSA) is 18.5 Å². The third-order valence-electron chi connectivity index (χ3n) is 3.11. The Labute approximate surface area is 107 Å². The maximum absolute atomic E-state index is 6.22. The minimum Gasteiger partial charge on any atom is -0.382 e. The van der Waals surface area contributed by atoms with E-state index in [1.165, 1.54) is 38.5 Å². The van der Waals surface area contributed by atoms with Crippen molar-refractivity contribution in [3.8, 4) is 0 Å². The molecule has 0 bridgehead atoms. The lowest BCUT2D eigenvalue weighted by Gasteiger charge is -2.34. The molecule has 90 valence electrons. The summed E-state index contributed by atoms with van der Waals surface area (Å²) in [5.41, 5.74) is 0.134. The molecule has 1 atom stereocenters. The highest BCUT2D eigenvalue weighted by molar-refractivity contribution is 14.1. The summed E-state index contributed by atoms with van der Waals surface area (Å²) in [5, 5.41) is 0. The van der Waals surface area contributed by atoms with E-state index in [1.807, 2.05) is 0 Å². The quantitative estimate of drug-likeness (QED) is 0.437. The fourth-order valence-corrected chi connectivity index (χ4v) is 3.29. The van der Waals surface area contributed by atoms with E-state index in [9.17, 15) is 0 Å². The summed E-state index contributed by atoms with van der Waals surface area (Å²) < 4.78 is 12.5. The first-order valence-electron chi connectivity index (χ1n) is 5.95. The van der Waals surface area contributed by atoms with E-state index in [0.717, 1.165) is 4.43 Å². The summed E-state index contributed by atoms with van der Waals surface area (Å²) in [6, 6.07) is 0. The smallest absolute Gasteiger partial charge is 0.0788 e. The molecule has 0 heterocycles. The van der Waals surface area contributed by atoms with Gasteiger partial charge in [0.2, 0.25) is 0 Å². The molecule has 15 heavy (non-hydrogen) atoms. The summed E-state index contributed by atoms with van der Waals surface area (Å²) >= 11 is 2.47. The van der Waals surface area contributed by atoms with Gasteiger partial charge in [0.1, 0.15) is 0 Å². The zero-order valence-corrected chi connectivity index (χ0v) is 12.1. The lowest BCUT2D eigenvalue weighted by atomic mass is 9.96. The highest BCUT2D eigenvalue weighted by Gasteiger charge is 2.32. The van der Waals surface area contributed by atoms with Crippen LogP contribution < -0.4 is 0 Å². The number of methoxy groups -OCH3 is 1. The first-order chi connectivity index (χ1) is 7.22. The number of alkyl halides is 1. The van der Waals surface area contributed by atoms with Crippen LogP contribution in [0.25, 0.3) is 0 Å². The number of rotatable bonds is 5. The third kappa shape index (κ3) is 4.57. The van der Waals surface area contributed by atoms with Gasteiger partial charge in [-0.3, -0.25) is 0 Å². The fraction of sp³-hybridized carbons (Fsp3) is 1.00. The second kappa shape index (κ2) is 7.07. The van der Waals surface area contributed by atoms with Crippen molar-refractivity contribution >= 4 is 22.6 Å². The van der Waals surface area contributed by atoms with Crippen LogP contribution in [0.5, 0.6) is 0 Å². The molecule has 0 amide bonds. The molecule has 1 unspecified atom stereocenters. The Morgan fingerprint density at radius 3 is 2.27 bits per heavy atom. The molecule has 0 radical (unpaired) electrons. The minimum atomic E-state index is 0.134. The van der Waals surface area contributed by atoms with E-state index >= 15 is 0 Å². The van der Waals surface area contributed by atoms with Crippen LogP contribution in [0.3, 0.4) is 0 Å². The van der Waals surface area contributed by atoms with Crippen molar-refractivity contribution in [2.75, 3.05) is 18.1 Å². The number of ether oxygens (including phenoxy) is 2. The minimum absolute atomic E-state index is 0.134. The Bertz CT molecular complexity index is 165. The molecule has 0 aromatic carbocycles. The molecule has 1 saturated carbocycles. The molecular weight excluding hydrogens is 303 g/mol. The van der Waals surface area contributed by atoms with Crippen LogP contribution in [0.4, 0.5) is 0 Å². The Kier molecular flexibility index (Phi) is 6.46. The van der Waals surface area contributed by atoms with E-state index < -0.39 is 0 Å². The first-order valence-corrected chi connectivity index (χ1v) is 7.48. The summed E-state index contributed by atoms with van der Waals surface area (Å²) in [4.78, 5) is 0. The van der Waals surface area contributed by atoms with E-state index in [1.54, 1.807) is 7.11 Å². The molecular formula is C12H23IO2. The van der Waals surface area contributed by atoms with Crippen LogP contribution >= 0.6 is 22.6 Å². The van der Waals surface area contributed by atoms with E-state index in [-0.39, 0.29) is 11.7 Å². The average molecular weight is 326 g/mol. The van der Waals surface area contributed by atoms with Crippen molar-refractivity contribution in [3.05, 3.63) is 0 Å². The van der Waals surface area contributed by atoms with Crippen LogP contribution in [0.15, 0.2) is 0 Å². The first kappa shape index (κ1) is 13.7. The largest absolute Gasteiger partial charge is 0.382 e. The van der Waals surface area contributed by atoms with Gasteiger partial charge in [0, 0.05) is 11.5 Å². The normalized spacial score (nSPS) is 23.4. The van der Waals surface area contributed by atoms with Crippen molar-refractivity contribution in [1.82, 2.24) is 0 Å². The molecule has 0 N–H and O–H groups in total. The maximum atomic E-state index is 6.22. The number of hydrogen-bond donors (Lipinski definition) is 0. The molecule has 1 aliphatic rings. The van der Waals surface area contributed by atoms with Gasteiger partial charge in [-0.15, -0.1) is 0 Å². The fourth-order valence-electron chi connectivity index (χ4n) is 2.35. The van der Waals surface area contributed by atoms with Gasteiger partial charge in [-0.1, -0.05) is 48.3 Å². The molecule has 0 spiro atoms. The SMILES string of the molecule is COCC(C)OC1(CI)CCCCCC1. The standard InChI is InChI=1S/C12H23IO2/c1-11(9-14-2)15-12(10-13)7-5-3-4-6-8-12/h11H,3-10H2,1-2H3. The Balaban J connectivity index is 2.49. The summed E-state index contributed by atoms with van der Waals surface area (Å²) in [7, 11) is 1.74. The molecule has 1 fully saturated rings. The van der Waals surface area contributed by atoms with Crippen molar-refractivity contribution in [3.63, 3.8) is 0 Å².